The van der Waals surface area contributed by atoms with Gasteiger partial charge in [-0.1, -0.05) is 35.6 Å². The molecule has 0 unspecified atom stereocenters. The molecule has 1 aliphatic rings. The summed E-state index contributed by atoms with van der Waals surface area (Å²) >= 11 is 1.51. The van der Waals surface area contributed by atoms with Crippen LogP contribution in [0.15, 0.2) is 48.5 Å². The van der Waals surface area contributed by atoms with Gasteiger partial charge < -0.3 is 18.9 Å². The van der Waals surface area contributed by atoms with Crippen LogP contribution in [0.2, 0.25) is 0 Å². The molecule has 0 aliphatic carbocycles. The highest BCUT2D eigenvalue weighted by Gasteiger charge is 2.15. The third-order valence-electron chi connectivity index (χ3n) is 4.00. The van der Waals surface area contributed by atoms with E-state index in [1.807, 2.05) is 48.5 Å². The molecule has 1 aliphatic heterocycles. The molecule has 4 rings (SSSR count). The molecule has 0 N–H and O–H groups in total. The Labute approximate surface area is 161 Å². The predicted molar refractivity (Wildman–Crippen MR) is 103 cm³/mol. The maximum atomic E-state index is 5.90. The molecule has 0 fully saturated rings. The van der Waals surface area contributed by atoms with Crippen LogP contribution in [0.4, 0.5) is 0 Å². The quantitative estimate of drug-likeness (QED) is 0.589. The van der Waals surface area contributed by atoms with E-state index in [2.05, 4.69) is 10.2 Å². The maximum Gasteiger partial charge on any atom is 0.151 e. The monoisotopic (exact) mass is 384 g/mol. The molecule has 0 saturated carbocycles. The Kier molecular flexibility index (Phi) is 5.93. The van der Waals surface area contributed by atoms with Crippen LogP contribution in [0.3, 0.4) is 0 Å². The summed E-state index contributed by atoms with van der Waals surface area (Å²) in [7, 11) is 0. The van der Waals surface area contributed by atoms with Crippen molar-refractivity contribution in [1.82, 2.24) is 10.2 Å². The Morgan fingerprint density at radius 3 is 1.56 bits per heavy atom. The van der Waals surface area contributed by atoms with Crippen LogP contribution in [0, 0.1) is 0 Å². The van der Waals surface area contributed by atoms with Crippen molar-refractivity contribution in [3.05, 3.63) is 48.5 Å². The van der Waals surface area contributed by atoms with Crippen molar-refractivity contribution >= 4 is 11.3 Å². The molecular formula is C20H20N2O4S. The fourth-order valence-corrected chi connectivity index (χ4v) is 3.63. The zero-order valence-electron chi connectivity index (χ0n) is 14.8. The van der Waals surface area contributed by atoms with Gasteiger partial charge >= 0.3 is 0 Å². The first-order valence-electron chi connectivity index (χ1n) is 8.85. The largest absolute Gasteiger partial charge is 0.490 e. The number of benzene rings is 2. The van der Waals surface area contributed by atoms with E-state index in [1.165, 1.54) is 11.3 Å². The van der Waals surface area contributed by atoms with Crippen molar-refractivity contribution in [2.75, 3.05) is 39.6 Å². The summed E-state index contributed by atoms with van der Waals surface area (Å²) in [5.41, 5.74) is 1.85. The van der Waals surface area contributed by atoms with E-state index in [0.717, 1.165) is 32.6 Å². The molecule has 0 radical (unpaired) electrons. The molecule has 0 spiro atoms. The molecule has 1 aromatic heterocycles. The molecular weight excluding hydrogens is 364 g/mol. The van der Waals surface area contributed by atoms with Crippen LogP contribution >= 0.6 is 11.3 Å². The van der Waals surface area contributed by atoms with Gasteiger partial charge in [-0.25, -0.2) is 0 Å². The van der Waals surface area contributed by atoms with E-state index < -0.39 is 0 Å². The summed E-state index contributed by atoms with van der Waals surface area (Å²) in [6.45, 7) is 2.99. The SMILES string of the molecule is c1ccc2c(c1)OCCOCCOCCOc1ccccc1-c1nnc-2s1. The summed E-state index contributed by atoms with van der Waals surface area (Å²) in [5.74, 6) is 1.54. The van der Waals surface area contributed by atoms with Crippen molar-refractivity contribution in [2.24, 2.45) is 0 Å². The van der Waals surface area contributed by atoms with Crippen molar-refractivity contribution in [1.29, 1.82) is 0 Å². The van der Waals surface area contributed by atoms with Gasteiger partial charge in [-0.2, -0.15) is 0 Å². The second-order valence-electron chi connectivity index (χ2n) is 5.83. The molecule has 27 heavy (non-hydrogen) atoms. The highest BCUT2D eigenvalue weighted by atomic mass is 32.1. The molecule has 2 heterocycles. The fourth-order valence-electron chi connectivity index (χ4n) is 2.72. The average Bonchev–Trinajstić information content (AvgIpc) is 3.19. The summed E-state index contributed by atoms with van der Waals surface area (Å²) < 4.78 is 22.9. The molecule has 0 saturated heterocycles. The minimum atomic E-state index is 0.467. The van der Waals surface area contributed by atoms with Gasteiger partial charge in [0.05, 0.1) is 37.6 Å². The Hall–Kier alpha value is -2.48. The number of hydrogen-bond donors (Lipinski definition) is 0. The number of aromatic nitrogens is 2. The molecule has 0 amide bonds. The fraction of sp³-hybridized carbons (Fsp3) is 0.300. The summed E-state index contributed by atoms with van der Waals surface area (Å²) in [6, 6.07) is 15.7. The number of fused-ring (bicyclic) bond motifs is 6. The molecule has 140 valence electrons. The van der Waals surface area contributed by atoms with E-state index in [4.69, 9.17) is 18.9 Å². The summed E-state index contributed by atoms with van der Waals surface area (Å²) in [6.07, 6.45) is 0. The van der Waals surface area contributed by atoms with Gasteiger partial charge in [0.2, 0.25) is 0 Å². The highest BCUT2D eigenvalue weighted by Crippen LogP contribution is 2.38. The first-order chi connectivity index (χ1) is 13.4. The maximum absolute atomic E-state index is 5.90. The van der Waals surface area contributed by atoms with E-state index >= 15 is 0 Å². The van der Waals surface area contributed by atoms with Crippen molar-refractivity contribution in [2.45, 2.75) is 0 Å². The number of hydrogen-bond acceptors (Lipinski definition) is 7. The Morgan fingerprint density at radius 2 is 1.04 bits per heavy atom. The smallest absolute Gasteiger partial charge is 0.151 e. The first-order valence-corrected chi connectivity index (χ1v) is 9.67. The van der Waals surface area contributed by atoms with E-state index in [0.29, 0.717) is 39.6 Å². The minimum Gasteiger partial charge on any atom is -0.490 e. The van der Waals surface area contributed by atoms with Crippen LogP contribution in [-0.2, 0) is 9.47 Å². The lowest BCUT2D eigenvalue weighted by atomic mass is 10.2. The predicted octanol–water partition coefficient (Wildman–Crippen LogP) is 3.68. The standard InChI is InChI=1S/C20H20N2O4S/c1-3-7-17-15(5-1)19-21-22-20(27-19)16-6-2-4-8-18(16)26-14-12-24-10-9-23-11-13-25-17/h1-8H,9-14H2. The topological polar surface area (TPSA) is 62.7 Å². The molecule has 2 aromatic carbocycles. The van der Waals surface area contributed by atoms with Gasteiger partial charge in [0.15, 0.2) is 10.0 Å². The van der Waals surface area contributed by atoms with Crippen molar-refractivity contribution in [3.8, 4) is 32.6 Å². The first kappa shape index (κ1) is 17.9. The second kappa shape index (κ2) is 8.94. The van der Waals surface area contributed by atoms with Crippen LogP contribution in [0.25, 0.3) is 21.1 Å². The Morgan fingerprint density at radius 1 is 0.593 bits per heavy atom. The average molecular weight is 384 g/mol. The molecule has 0 atom stereocenters. The normalized spacial score (nSPS) is 15.6. The lowest BCUT2D eigenvalue weighted by Gasteiger charge is -2.10. The molecule has 3 aromatic rings. The number of nitrogens with zero attached hydrogens (tertiary/aromatic N) is 2. The summed E-state index contributed by atoms with van der Waals surface area (Å²) in [4.78, 5) is 0. The van der Waals surface area contributed by atoms with Gasteiger partial charge in [-0.3, -0.25) is 0 Å². The van der Waals surface area contributed by atoms with E-state index in [-0.39, 0.29) is 0 Å². The Balaban J connectivity index is 1.67. The lowest BCUT2D eigenvalue weighted by Crippen LogP contribution is -2.13. The number of rotatable bonds is 0. The third-order valence-corrected chi connectivity index (χ3v) is 4.99. The third kappa shape index (κ3) is 4.44. The van der Waals surface area contributed by atoms with Gasteiger partial charge in [0, 0.05) is 0 Å². The lowest BCUT2D eigenvalue weighted by molar-refractivity contribution is 0.0274. The van der Waals surface area contributed by atoms with Crippen LogP contribution < -0.4 is 9.47 Å². The van der Waals surface area contributed by atoms with Crippen LogP contribution in [0.5, 0.6) is 11.5 Å². The zero-order valence-corrected chi connectivity index (χ0v) is 15.6. The van der Waals surface area contributed by atoms with Gasteiger partial charge in [0.25, 0.3) is 0 Å². The van der Waals surface area contributed by atoms with Gasteiger partial charge in [-0.05, 0) is 24.3 Å². The Bertz CT molecular complexity index is 814. The highest BCUT2D eigenvalue weighted by molar-refractivity contribution is 7.18. The van der Waals surface area contributed by atoms with Gasteiger partial charge in [0.1, 0.15) is 24.7 Å². The number of para-hydroxylation sites is 2. The van der Waals surface area contributed by atoms with Crippen LogP contribution in [0.1, 0.15) is 0 Å². The molecule has 6 nitrogen and oxygen atoms in total. The zero-order chi connectivity index (χ0) is 18.3. The molecule has 2 bridgehead atoms. The summed E-state index contributed by atoms with van der Waals surface area (Å²) in [5, 5.41) is 10.4. The molecule has 7 heteroatoms. The second-order valence-corrected chi connectivity index (χ2v) is 6.80. The van der Waals surface area contributed by atoms with E-state index in [9.17, 15) is 0 Å². The van der Waals surface area contributed by atoms with Crippen LogP contribution in [-0.4, -0.2) is 49.8 Å². The van der Waals surface area contributed by atoms with Crippen molar-refractivity contribution in [3.63, 3.8) is 0 Å². The van der Waals surface area contributed by atoms with E-state index in [1.54, 1.807) is 0 Å². The number of ether oxygens (including phenoxy) is 4. The minimum absolute atomic E-state index is 0.467. The van der Waals surface area contributed by atoms with Crippen molar-refractivity contribution < 1.29 is 18.9 Å². The van der Waals surface area contributed by atoms with Gasteiger partial charge in [-0.15, -0.1) is 10.2 Å².